The van der Waals surface area contributed by atoms with Crippen LogP contribution in [-0.4, -0.2) is 25.6 Å². The van der Waals surface area contributed by atoms with Crippen LogP contribution in [0.25, 0.3) is 0 Å². The van der Waals surface area contributed by atoms with Gasteiger partial charge in [0.2, 0.25) is 0 Å². The number of rotatable bonds is 6. The molecule has 0 aliphatic rings. The van der Waals surface area contributed by atoms with Crippen LogP contribution in [0.5, 0.6) is 5.75 Å². The lowest BCUT2D eigenvalue weighted by Gasteiger charge is -2.14. The van der Waals surface area contributed by atoms with Crippen molar-refractivity contribution in [3.05, 3.63) is 57.2 Å². The van der Waals surface area contributed by atoms with Gasteiger partial charge in [0.05, 0.1) is 12.7 Å². The highest BCUT2D eigenvalue weighted by molar-refractivity contribution is 14.1. The van der Waals surface area contributed by atoms with Gasteiger partial charge in [-0.2, -0.15) is 0 Å². The molecule has 2 aromatic rings. The highest BCUT2D eigenvalue weighted by atomic mass is 127. The summed E-state index contributed by atoms with van der Waals surface area (Å²) in [5.74, 6) is -0.121. The van der Waals surface area contributed by atoms with E-state index in [-0.39, 0.29) is 18.4 Å². The minimum atomic E-state index is -0.569. The number of halogens is 1. The van der Waals surface area contributed by atoms with E-state index in [1.54, 1.807) is 24.3 Å². The molecule has 2 rings (SSSR count). The van der Waals surface area contributed by atoms with Gasteiger partial charge in [-0.05, 0) is 70.5 Å². The number of hydrogen-bond acceptors (Lipinski definition) is 4. The first kappa shape index (κ1) is 19.2. The van der Waals surface area contributed by atoms with E-state index < -0.39 is 5.97 Å². The predicted molar refractivity (Wildman–Crippen MR) is 105 cm³/mol. The molecule has 0 atom stereocenters. The Hall–Kier alpha value is -2.09. The Morgan fingerprint density at radius 2 is 1.92 bits per heavy atom. The number of amides is 1. The number of carbonyl (C=O) groups excluding carboxylic acids is 2. The van der Waals surface area contributed by atoms with Crippen LogP contribution in [0.4, 0.5) is 5.69 Å². The van der Waals surface area contributed by atoms with Crippen molar-refractivity contribution >= 4 is 40.2 Å². The first-order valence-electron chi connectivity index (χ1n) is 7.81. The summed E-state index contributed by atoms with van der Waals surface area (Å²) in [6.45, 7) is 3.77. The van der Waals surface area contributed by atoms with Crippen LogP contribution in [0, 0.1) is 3.57 Å². The molecule has 6 heteroatoms. The lowest BCUT2D eigenvalue weighted by atomic mass is 10.0. The van der Waals surface area contributed by atoms with Crippen molar-refractivity contribution in [3.63, 3.8) is 0 Å². The smallest absolute Gasteiger partial charge is 0.338 e. The van der Waals surface area contributed by atoms with E-state index in [4.69, 9.17) is 9.47 Å². The molecule has 5 nitrogen and oxygen atoms in total. The molecule has 1 amide bonds. The van der Waals surface area contributed by atoms with Gasteiger partial charge in [-0.15, -0.1) is 0 Å². The van der Waals surface area contributed by atoms with Crippen molar-refractivity contribution in [2.75, 3.05) is 19.0 Å². The Balaban J connectivity index is 1.98. The molecule has 25 heavy (non-hydrogen) atoms. The van der Waals surface area contributed by atoms with Crippen molar-refractivity contribution in [1.82, 2.24) is 0 Å². The topological polar surface area (TPSA) is 64.6 Å². The van der Waals surface area contributed by atoms with Gasteiger partial charge in [0.25, 0.3) is 5.91 Å². The second-order valence-electron chi connectivity index (χ2n) is 5.74. The SMILES string of the molecule is COc1cccc(C(=O)OCC(=O)Nc2ccc(I)cc2C(C)C)c1. The summed E-state index contributed by atoms with van der Waals surface area (Å²) < 4.78 is 11.2. The van der Waals surface area contributed by atoms with Crippen LogP contribution in [-0.2, 0) is 9.53 Å². The monoisotopic (exact) mass is 453 g/mol. The summed E-state index contributed by atoms with van der Waals surface area (Å²) in [5, 5.41) is 2.80. The van der Waals surface area contributed by atoms with Gasteiger partial charge in [0.15, 0.2) is 6.61 Å². The van der Waals surface area contributed by atoms with E-state index in [0.717, 1.165) is 14.8 Å². The van der Waals surface area contributed by atoms with Gasteiger partial charge in [-0.3, -0.25) is 4.79 Å². The number of esters is 1. The minimum absolute atomic E-state index is 0.268. The average molecular weight is 453 g/mol. The summed E-state index contributed by atoms with van der Waals surface area (Å²) in [4.78, 5) is 24.1. The van der Waals surface area contributed by atoms with Crippen molar-refractivity contribution in [3.8, 4) is 5.75 Å². The summed E-state index contributed by atoms with van der Waals surface area (Å²) in [6.07, 6.45) is 0. The van der Waals surface area contributed by atoms with Crippen molar-refractivity contribution in [2.24, 2.45) is 0 Å². The summed E-state index contributed by atoms with van der Waals surface area (Å²) in [6, 6.07) is 12.4. The lowest BCUT2D eigenvalue weighted by Crippen LogP contribution is -2.21. The summed E-state index contributed by atoms with van der Waals surface area (Å²) >= 11 is 2.23. The maximum Gasteiger partial charge on any atom is 0.338 e. The van der Waals surface area contributed by atoms with Gasteiger partial charge in [0.1, 0.15) is 5.75 Å². The zero-order chi connectivity index (χ0) is 18.4. The van der Waals surface area contributed by atoms with E-state index >= 15 is 0 Å². The number of hydrogen-bond donors (Lipinski definition) is 1. The number of anilines is 1. The molecule has 1 N–H and O–H groups in total. The Morgan fingerprint density at radius 1 is 1.16 bits per heavy atom. The normalized spacial score (nSPS) is 10.4. The third kappa shape index (κ3) is 5.45. The fourth-order valence-electron chi connectivity index (χ4n) is 2.28. The molecule has 0 saturated heterocycles. The standard InChI is InChI=1S/C19H20INO4/c1-12(2)16-10-14(20)7-8-17(16)21-18(22)11-25-19(23)13-5-4-6-15(9-13)24-3/h4-10,12H,11H2,1-3H3,(H,21,22). The Bertz CT molecular complexity index is 774. The molecular weight excluding hydrogens is 433 g/mol. The second-order valence-corrected chi connectivity index (χ2v) is 6.99. The van der Waals surface area contributed by atoms with Crippen molar-refractivity contribution in [2.45, 2.75) is 19.8 Å². The number of nitrogens with one attached hydrogen (secondary N) is 1. The maximum atomic E-state index is 12.1. The number of methoxy groups -OCH3 is 1. The van der Waals surface area contributed by atoms with Crippen LogP contribution in [0.2, 0.25) is 0 Å². The number of ether oxygens (including phenoxy) is 2. The lowest BCUT2D eigenvalue weighted by molar-refractivity contribution is -0.119. The fraction of sp³-hybridized carbons (Fsp3) is 0.263. The molecule has 0 saturated carbocycles. The summed E-state index contributed by atoms with van der Waals surface area (Å²) in [5.41, 5.74) is 2.11. The van der Waals surface area contributed by atoms with Crippen molar-refractivity contribution in [1.29, 1.82) is 0 Å². The molecule has 0 bridgehead atoms. The van der Waals surface area contributed by atoms with Crippen LogP contribution in [0.1, 0.15) is 35.7 Å². The van der Waals surface area contributed by atoms with Gasteiger partial charge in [-0.25, -0.2) is 4.79 Å². The van der Waals surface area contributed by atoms with E-state index in [0.29, 0.717) is 11.3 Å². The second kappa shape index (κ2) is 8.84. The van der Waals surface area contributed by atoms with Crippen LogP contribution in [0.3, 0.4) is 0 Å². The number of carbonyl (C=O) groups is 2. The molecule has 0 aliphatic heterocycles. The third-order valence-corrected chi connectivity index (χ3v) is 4.22. The highest BCUT2D eigenvalue weighted by Gasteiger charge is 2.13. The maximum absolute atomic E-state index is 12.1. The Labute approximate surface area is 160 Å². The van der Waals surface area contributed by atoms with E-state index in [1.165, 1.54) is 7.11 Å². The molecule has 0 aliphatic carbocycles. The zero-order valence-electron chi connectivity index (χ0n) is 14.3. The highest BCUT2D eigenvalue weighted by Crippen LogP contribution is 2.26. The van der Waals surface area contributed by atoms with Crippen molar-refractivity contribution < 1.29 is 19.1 Å². The van der Waals surface area contributed by atoms with Crippen LogP contribution < -0.4 is 10.1 Å². The molecule has 0 aromatic heterocycles. The fourth-order valence-corrected chi connectivity index (χ4v) is 2.79. The summed E-state index contributed by atoms with van der Waals surface area (Å²) in [7, 11) is 1.52. The molecule has 132 valence electrons. The quantitative estimate of drug-likeness (QED) is 0.526. The first-order valence-corrected chi connectivity index (χ1v) is 8.89. The van der Waals surface area contributed by atoms with Crippen LogP contribution >= 0.6 is 22.6 Å². The molecule has 0 spiro atoms. The van der Waals surface area contributed by atoms with Gasteiger partial charge >= 0.3 is 5.97 Å². The molecule has 2 aromatic carbocycles. The van der Waals surface area contributed by atoms with E-state index in [9.17, 15) is 9.59 Å². The molecule has 0 fully saturated rings. The van der Waals surface area contributed by atoms with E-state index in [1.807, 2.05) is 18.2 Å². The third-order valence-electron chi connectivity index (χ3n) is 3.55. The number of benzene rings is 2. The minimum Gasteiger partial charge on any atom is -0.497 e. The average Bonchev–Trinajstić information content (AvgIpc) is 2.61. The van der Waals surface area contributed by atoms with E-state index in [2.05, 4.69) is 41.8 Å². The predicted octanol–water partition coefficient (Wildman–Crippen LogP) is 4.22. The molecule has 0 radical (unpaired) electrons. The van der Waals surface area contributed by atoms with Gasteiger partial charge in [0, 0.05) is 9.26 Å². The Kier molecular flexibility index (Phi) is 6.81. The largest absolute Gasteiger partial charge is 0.497 e. The first-order chi connectivity index (χ1) is 11.9. The molecule has 0 unspecified atom stereocenters. The molecular formula is C19H20INO4. The zero-order valence-corrected chi connectivity index (χ0v) is 16.5. The van der Waals surface area contributed by atoms with Gasteiger partial charge in [-0.1, -0.05) is 19.9 Å². The Morgan fingerprint density at radius 3 is 2.60 bits per heavy atom. The van der Waals surface area contributed by atoms with Gasteiger partial charge < -0.3 is 14.8 Å². The molecule has 0 heterocycles. The van der Waals surface area contributed by atoms with Crippen LogP contribution in [0.15, 0.2) is 42.5 Å².